The van der Waals surface area contributed by atoms with Crippen LogP contribution in [0.5, 0.6) is 0 Å². The topological polar surface area (TPSA) is 42.3 Å². The van der Waals surface area contributed by atoms with Crippen LogP contribution < -0.4 is 0 Å². The lowest BCUT2D eigenvalue weighted by atomic mass is 10.1. The Hall–Kier alpha value is -2.29. The first-order chi connectivity index (χ1) is 8.25. The van der Waals surface area contributed by atoms with Crippen molar-refractivity contribution in [1.82, 2.24) is 4.98 Å². The molecule has 0 radical (unpaired) electrons. The van der Waals surface area contributed by atoms with Gasteiger partial charge in [0.1, 0.15) is 0 Å². The normalized spacial score (nSPS) is 10.6. The van der Waals surface area contributed by atoms with Crippen molar-refractivity contribution >= 4 is 17.7 Å². The average molecular weight is 224 g/mol. The predicted molar refractivity (Wildman–Crippen MR) is 67.9 cm³/mol. The Bertz CT molecular complexity index is 547. The molecule has 0 aliphatic rings. The molecular weight excluding hydrogens is 212 g/mol. The third-order valence-electron chi connectivity index (χ3n) is 2.32. The van der Waals surface area contributed by atoms with E-state index in [0.29, 0.717) is 5.56 Å². The number of aliphatic imine (C=N–C) groups is 1. The largest absolute Gasteiger partial charge is 0.295 e. The smallest absolute Gasteiger partial charge is 0.159 e. The highest BCUT2D eigenvalue weighted by molar-refractivity contribution is 5.95. The van der Waals surface area contributed by atoms with Gasteiger partial charge in [0.15, 0.2) is 5.78 Å². The molecule has 0 bridgehead atoms. The maximum atomic E-state index is 11.2. The Morgan fingerprint density at radius 2 is 2.00 bits per heavy atom. The van der Waals surface area contributed by atoms with Gasteiger partial charge in [-0.3, -0.25) is 14.8 Å². The lowest BCUT2D eigenvalue weighted by molar-refractivity contribution is 0.101. The van der Waals surface area contributed by atoms with E-state index in [4.69, 9.17) is 0 Å². The van der Waals surface area contributed by atoms with Crippen LogP contribution in [-0.4, -0.2) is 17.0 Å². The van der Waals surface area contributed by atoms with Crippen LogP contribution in [0.1, 0.15) is 22.8 Å². The zero-order chi connectivity index (χ0) is 12.1. The molecule has 84 valence electrons. The van der Waals surface area contributed by atoms with Crippen LogP contribution in [-0.2, 0) is 0 Å². The van der Waals surface area contributed by atoms with Crippen LogP contribution in [0.25, 0.3) is 0 Å². The summed E-state index contributed by atoms with van der Waals surface area (Å²) in [5.41, 5.74) is 2.43. The molecule has 0 saturated carbocycles. The van der Waals surface area contributed by atoms with Crippen molar-refractivity contribution in [2.45, 2.75) is 6.92 Å². The summed E-state index contributed by atoms with van der Waals surface area (Å²) in [5.74, 6) is 0.0472. The summed E-state index contributed by atoms with van der Waals surface area (Å²) in [4.78, 5) is 19.5. The number of Topliss-reactive ketones (excluding diaryl/α,β-unsaturated/α-hetero) is 1. The molecule has 17 heavy (non-hydrogen) atoms. The number of aromatic nitrogens is 1. The monoisotopic (exact) mass is 224 g/mol. The van der Waals surface area contributed by atoms with E-state index in [1.807, 2.05) is 24.3 Å². The van der Waals surface area contributed by atoms with Gasteiger partial charge in [-0.05, 0) is 36.8 Å². The molecule has 0 fully saturated rings. The molecule has 0 N–H and O–H groups in total. The Morgan fingerprint density at radius 3 is 2.71 bits per heavy atom. The highest BCUT2D eigenvalue weighted by Crippen LogP contribution is 2.14. The Labute approximate surface area is 99.9 Å². The second-order valence-electron chi connectivity index (χ2n) is 3.65. The third-order valence-corrected chi connectivity index (χ3v) is 2.32. The number of carbonyl (C=O) groups excluding carboxylic acids is 1. The van der Waals surface area contributed by atoms with Crippen molar-refractivity contribution in [3.05, 3.63) is 59.9 Å². The fraction of sp³-hybridized carbons (Fsp3) is 0.0714. The third kappa shape index (κ3) is 3.08. The molecule has 1 aromatic heterocycles. The van der Waals surface area contributed by atoms with Crippen molar-refractivity contribution < 1.29 is 4.79 Å². The number of ketones is 1. The van der Waals surface area contributed by atoms with Gasteiger partial charge in [0.05, 0.1) is 5.69 Å². The molecule has 0 amide bonds. The molecule has 0 atom stereocenters. The van der Waals surface area contributed by atoms with Crippen LogP contribution in [0.4, 0.5) is 5.69 Å². The van der Waals surface area contributed by atoms with Crippen molar-refractivity contribution in [1.29, 1.82) is 0 Å². The lowest BCUT2D eigenvalue weighted by Crippen LogP contribution is -1.90. The van der Waals surface area contributed by atoms with Gasteiger partial charge in [-0.1, -0.05) is 12.1 Å². The van der Waals surface area contributed by atoms with Gasteiger partial charge in [-0.2, -0.15) is 0 Å². The molecule has 2 aromatic rings. The van der Waals surface area contributed by atoms with Gasteiger partial charge in [-0.15, -0.1) is 0 Å². The molecule has 1 aromatic carbocycles. The Morgan fingerprint density at radius 1 is 1.24 bits per heavy atom. The summed E-state index contributed by atoms with van der Waals surface area (Å²) in [7, 11) is 0. The summed E-state index contributed by atoms with van der Waals surface area (Å²) >= 11 is 0. The summed E-state index contributed by atoms with van der Waals surface area (Å²) in [6.07, 6.45) is 5.18. The number of carbonyl (C=O) groups is 1. The molecule has 0 unspecified atom stereocenters. The number of pyridine rings is 1. The van der Waals surface area contributed by atoms with E-state index in [1.165, 1.54) is 0 Å². The highest BCUT2D eigenvalue weighted by Gasteiger charge is 1.98. The minimum absolute atomic E-state index is 0.0472. The zero-order valence-electron chi connectivity index (χ0n) is 9.50. The van der Waals surface area contributed by atoms with Gasteiger partial charge in [-0.25, -0.2) is 0 Å². The van der Waals surface area contributed by atoms with E-state index in [2.05, 4.69) is 9.98 Å². The minimum atomic E-state index is 0.0472. The molecule has 3 heteroatoms. The molecule has 0 aliphatic carbocycles. The van der Waals surface area contributed by atoms with Crippen LogP contribution in [0.2, 0.25) is 0 Å². The number of hydrogen-bond acceptors (Lipinski definition) is 3. The Kier molecular flexibility index (Phi) is 3.40. The van der Waals surface area contributed by atoms with Crippen LogP contribution in [0.15, 0.2) is 53.8 Å². The van der Waals surface area contributed by atoms with E-state index in [9.17, 15) is 4.79 Å². The number of nitrogens with zero attached hydrogens (tertiary/aromatic N) is 2. The maximum absolute atomic E-state index is 11.2. The predicted octanol–water partition coefficient (Wildman–Crippen LogP) is 3.03. The van der Waals surface area contributed by atoms with Gasteiger partial charge in [0.25, 0.3) is 0 Å². The molecule has 0 aliphatic heterocycles. The number of benzene rings is 1. The Balaban J connectivity index is 2.22. The van der Waals surface area contributed by atoms with E-state index < -0.39 is 0 Å². The van der Waals surface area contributed by atoms with Crippen LogP contribution in [0.3, 0.4) is 0 Å². The molecular formula is C14H12N2O. The molecule has 0 spiro atoms. The SMILES string of the molecule is CC(=O)c1cccc(N=Cc2ccncc2)c1. The minimum Gasteiger partial charge on any atom is -0.295 e. The second kappa shape index (κ2) is 5.16. The maximum Gasteiger partial charge on any atom is 0.159 e. The van der Waals surface area contributed by atoms with Gasteiger partial charge >= 0.3 is 0 Å². The summed E-state index contributed by atoms with van der Waals surface area (Å²) in [5, 5.41) is 0. The average Bonchev–Trinajstić information content (AvgIpc) is 2.38. The quantitative estimate of drug-likeness (QED) is 0.594. The standard InChI is InChI=1S/C14H12N2O/c1-11(17)13-3-2-4-14(9-13)16-10-12-5-7-15-8-6-12/h2-10H,1H3. The van der Waals surface area contributed by atoms with Crippen molar-refractivity contribution in [2.24, 2.45) is 4.99 Å². The summed E-state index contributed by atoms with van der Waals surface area (Å²) < 4.78 is 0. The van der Waals surface area contributed by atoms with E-state index in [-0.39, 0.29) is 5.78 Å². The van der Waals surface area contributed by atoms with Crippen LogP contribution in [0, 0.1) is 0 Å². The van der Waals surface area contributed by atoms with E-state index in [1.54, 1.807) is 37.7 Å². The highest BCUT2D eigenvalue weighted by atomic mass is 16.1. The number of rotatable bonds is 3. The van der Waals surface area contributed by atoms with Gasteiger partial charge in [0, 0.05) is 24.2 Å². The molecule has 3 nitrogen and oxygen atoms in total. The zero-order valence-corrected chi connectivity index (χ0v) is 9.50. The number of hydrogen-bond donors (Lipinski definition) is 0. The summed E-state index contributed by atoms with van der Waals surface area (Å²) in [6, 6.07) is 11.0. The fourth-order valence-electron chi connectivity index (χ4n) is 1.40. The van der Waals surface area contributed by atoms with Crippen LogP contribution >= 0.6 is 0 Å². The van der Waals surface area contributed by atoms with Gasteiger partial charge < -0.3 is 0 Å². The lowest BCUT2D eigenvalue weighted by Gasteiger charge is -1.97. The molecule has 2 rings (SSSR count). The molecule has 1 heterocycles. The summed E-state index contributed by atoms with van der Waals surface area (Å²) in [6.45, 7) is 1.55. The van der Waals surface area contributed by atoms with Gasteiger partial charge in [0.2, 0.25) is 0 Å². The van der Waals surface area contributed by atoms with E-state index in [0.717, 1.165) is 11.3 Å². The van der Waals surface area contributed by atoms with Crippen molar-refractivity contribution in [2.75, 3.05) is 0 Å². The van der Waals surface area contributed by atoms with Crippen molar-refractivity contribution in [3.8, 4) is 0 Å². The second-order valence-corrected chi connectivity index (χ2v) is 3.65. The van der Waals surface area contributed by atoms with Crippen molar-refractivity contribution in [3.63, 3.8) is 0 Å². The van der Waals surface area contributed by atoms with E-state index >= 15 is 0 Å². The first-order valence-corrected chi connectivity index (χ1v) is 5.31. The fourth-order valence-corrected chi connectivity index (χ4v) is 1.40. The molecule has 0 saturated heterocycles. The first-order valence-electron chi connectivity index (χ1n) is 5.31. The first kappa shape index (κ1) is 11.2.